The molecule has 0 spiro atoms. The van der Waals surface area contributed by atoms with Crippen LogP contribution in [0.3, 0.4) is 0 Å². The Hall–Kier alpha value is -1.19. The molecule has 1 atom stereocenters. The van der Waals surface area contributed by atoms with E-state index in [1.54, 1.807) is 17.1 Å². The zero-order valence-corrected chi connectivity index (χ0v) is 8.15. The van der Waals surface area contributed by atoms with Gasteiger partial charge in [0.15, 0.2) is 6.23 Å². The first-order valence-electron chi connectivity index (χ1n) is 4.58. The summed E-state index contributed by atoms with van der Waals surface area (Å²) in [7, 11) is 0. The first-order valence-corrected chi connectivity index (χ1v) is 4.58. The third-order valence-electron chi connectivity index (χ3n) is 2.20. The molecular formula is C11H15NO2. The molecule has 3 heteroatoms. The minimum absolute atomic E-state index is 0.224. The Bertz CT molecular complexity index is 281. The number of ketones is 1. The Balaban J connectivity index is 2.74. The number of nitrogens with zero attached hydrogens (tertiary/aromatic N) is 1. The van der Waals surface area contributed by atoms with Gasteiger partial charge in [-0.15, -0.1) is 13.2 Å². The minimum atomic E-state index is -1.02. The monoisotopic (exact) mass is 193 g/mol. The van der Waals surface area contributed by atoms with Crippen LogP contribution in [0, 0.1) is 0 Å². The number of carbonyl (C=O) groups excluding carboxylic acids is 1. The molecule has 0 bridgehead atoms. The molecule has 0 fully saturated rings. The predicted octanol–water partition coefficient (Wildman–Crippen LogP) is 0.878. The summed E-state index contributed by atoms with van der Waals surface area (Å²) < 4.78 is 0. The molecule has 1 unspecified atom stereocenters. The number of aliphatic hydroxyl groups excluding tert-OH is 1. The number of aliphatic hydroxyl groups is 1. The fourth-order valence-electron chi connectivity index (χ4n) is 1.44. The first kappa shape index (κ1) is 10.9. The zero-order chi connectivity index (χ0) is 10.6. The van der Waals surface area contributed by atoms with Crippen molar-refractivity contribution in [2.24, 2.45) is 0 Å². The van der Waals surface area contributed by atoms with E-state index < -0.39 is 6.23 Å². The molecule has 1 aliphatic heterocycles. The van der Waals surface area contributed by atoms with Crippen molar-refractivity contribution in [3.63, 3.8) is 0 Å². The summed E-state index contributed by atoms with van der Waals surface area (Å²) in [6, 6.07) is 0. The van der Waals surface area contributed by atoms with Gasteiger partial charge in [-0.1, -0.05) is 18.2 Å². The SMILES string of the molecule is C=CCC1=CCN(CC=C)C(O)C1=O. The minimum Gasteiger partial charge on any atom is -0.371 e. The predicted molar refractivity (Wildman–Crippen MR) is 55.7 cm³/mol. The van der Waals surface area contributed by atoms with Crippen molar-refractivity contribution in [1.29, 1.82) is 0 Å². The van der Waals surface area contributed by atoms with Crippen molar-refractivity contribution in [2.45, 2.75) is 12.6 Å². The summed E-state index contributed by atoms with van der Waals surface area (Å²) in [5.41, 5.74) is 0.646. The molecule has 1 rings (SSSR count). The average molecular weight is 193 g/mol. The van der Waals surface area contributed by atoms with E-state index in [1.165, 1.54) is 0 Å². The standard InChI is InChI=1S/C11H15NO2/c1-3-5-9-6-8-12(7-4-2)11(14)10(9)13/h3-4,6,11,14H,1-2,5,7-8H2. The normalized spacial score (nSPS) is 23.1. The van der Waals surface area contributed by atoms with Crippen molar-refractivity contribution < 1.29 is 9.90 Å². The zero-order valence-electron chi connectivity index (χ0n) is 8.15. The molecule has 76 valence electrons. The molecule has 14 heavy (non-hydrogen) atoms. The molecule has 1 heterocycles. The average Bonchev–Trinajstić information content (AvgIpc) is 2.18. The van der Waals surface area contributed by atoms with Crippen molar-refractivity contribution >= 4 is 5.78 Å². The smallest absolute Gasteiger partial charge is 0.202 e. The van der Waals surface area contributed by atoms with E-state index in [0.29, 0.717) is 25.1 Å². The molecule has 1 aliphatic rings. The van der Waals surface area contributed by atoms with Gasteiger partial charge in [-0.2, -0.15) is 0 Å². The van der Waals surface area contributed by atoms with E-state index >= 15 is 0 Å². The summed E-state index contributed by atoms with van der Waals surface area (Å²) in [4.78, 5) is 13.2. The van der Waals surface area contributed by atoms with Crippen LogP contribution in [0.5, 0.6) is 0 Å². The van der Waals surface area contributed by atoms with Crippen LogP contribution in [0.1, 0.15) is 6.42 Å². The van der Waals surface area contributed by atoms with Gasteiger partial charge < -0.3 is 5.11 Å². The van der Waals surface area contributed by atoms with E-state index in [-0.39, 0.29) is 5.78 Å². The van der Waals surface area contributed by atoms with Crippen molar-refractivity contribution in [3.8, 4) is 0 Å². The van der Waals surface area contributed by atoms with Crippen molar-refractivity contribution in [3.05, 3.63) is 37.0 Å². The number of hydrogen-bond acceptors (Lipinski definition) is 3. The molecule has 0 aliphatic carbocycles. The van der Waals surface area contributed by atoms with Crippen LogP contribution in [0.4, 0.5) is 0 Å². The second-order valence-corrected chi connectivity index (χ2v) is 3.20. The lowest BCUT2D eigenvalue weighted by Crippen LogP contribution is -2.45. The maximum Gasteiger partial charge on any atom is 0.202 e. The molecule has 0 amide bonds. The Labute approximate surface area is 84.0 Å². The lowest BCUT2D eigenvalue weighted by Gasteiger charge is -2.29. The molecule has 0 saturated heterocycles. The van der Waals surface area contributed by atoms with Gasteiger partial charge in [0.25, 0.3) is 0 Å². The molecule has 0 aromatic heterocycles. The van der Waals surface area contributed by atoms with Crippen LogP contribution in [-0.4, -0.2) is 35.1 Å². The summed E-state index contributed by atoms with van der Waals surface area (Å²) in [6.07, 6.45) is 4.67. The number of rotatable bonds is 4. The van der Waals surface area contributed by atoms with Crippen molar-refractivity contribution in [1.82, 2.24) is 4.90 Å². The van der Waals surface area contributed by atoms with Gasteiger partial charge in [-0.3, -0.25) is 9.69 Å². The molecule has 3 nitrogen and oxygen atoms in total. The second-order valence-electron chi connectivity index (χ2n) is 3.20. The van der Waals surface area contributed by atoms with Gasteiger partial charge >= 0.3 is 0 Å². The van der Waals surface area contributed by atoms with Crippen LogP contribution < -0.4 is 0 Å². The fourth-order valence-corrected chi connectivity index (χ4v) is 1.44. The Kier molecular flexibility index (Phi) is 3.80. The lowest BCUT2D eigenvalue weighted by atomic mass is 10.0. The highest BCUT2D eigenvalue weighted by Gasteiger charge is 2.27. The molecule has 1 N–H and O–H groups in total. The van der Waals surface area contributed by atoms with Gasteiger partial charge in [0.05, 0.1) is 0 Å². The van der Waals surface area contributed by atoms with Crippen LogP contribution in [0.25, 0.3) is 0 Å². The Morgan fingerprint density at radius 1 is 1.57 bits per heavy atom. The van der Waals surface area contributed by atoms with Crippen LogP contribution >= 0.6 is 0 Å². The van der Waals surface area contributed by atoms with Gasteiger partial charge in [0.1, 0.15) is 0 Å². The van der Waals surface area contributed by atoms with Crippen LogP contribution in [-0.2, 0) is 4.79 Å². The fraction of sp³-hybridized carbons (Fsp3) is 0.364. The highest BCUT2D eigenvalue weighted by Crippen LogP contribution is 2.15. The highest BCUT2D eigenvalue weighted by molar-refractivity contribution is 5.99. The molecule has 0 radical (unpaired) electrons. The van der Waals surface area contributed by atoms with E-state index in [1.807, 2.05) is 6.08 Å². The van der Waals surface area contributed by atoms with Gasteiger partial charge in [-0.05, 0) is 6.42 Å². The van der Waals surface area contributed by atoms with Crippen LogP contribution in [0.2, 0.25) is 0 Å². The summed E-state index contributed by atoms with van der Waals surface area (Å²) in [5.74, 6) is -0.224. The Morgan fingerprint density at radius 3 is 2.86 bits per heavy atom. The largest absolute Gasteiger partial charge is 0.371 e. The van der Waals surface area contributed by atoms with E-state index in [9.17, 15) is 9.90 Å². The molecule has 0 saturated carbocycles. The number of hydrogen-bond donors (Lipinski definition) is 1. The van der Waals surface area contributed by atoms with Crippen molar-refractivity contribution in [2.75, 3.05) is 13.1 Å². The number of allylic oxidation sites excluding steroid dienone is 1. The van der Waals surface area contributed by atoms with Gasteiger partial charge in [0.2, 0.25) is 5.78 Å². The quantitative estimate of drug-likeness (QED) is 0.674. The summed E-state index contributed by atoms with van der Waals surface area (Å²) >= 11 is 0. The van der Waals surface area contributed by atoms with Gasteiger partial charge in [0, 0.05) is 18.7 Å². The van der Waals surface area contributed by atoms with E-state index in [0.717, 1.165) is 0 Å². The second kappa shape index (κ2) is 4.88. The summed E-state index contributed by atoms with van der Waals surface area (Å²) in [6.45, 7) is 8.24. The topological polar surface area (TPSA) is 40.5 Å². The number of carbonyl (C=O) groups is 1. The summed E-state index contributed by atoms with van der Waals surface area (Å²) in [5, 5.41) is 9.62. The van der Waals surface area contributed by atoms with Crippen LogP contribution in [0.15, 0.2) is 37.0 Å². The third kappa shape index (κ3) is 2.19. The van der Waals surface area contributed by atoms with Gasteiger partial charge in [-0.25, -0.2) is 0 Å². The maximum atomic E-state index is 11.6. The molecular weight excluding hydrogens is 178 g/mol. The maximum absolute atomic E-state index is 11.6. The van der Waals surface area contributed by atoms with E-state index in [2.05, 4.69) is 13.2 Å². The third-order valence-corrected chi connectivity index (χ3v) is 2.20. The lowest BCUT2D eigenvalue weighted by molar-refractivity contribution is -0.133. The number of Topliss-reactive ketones (excluding diaryl/α,β-unsaturated/α-hetero) is 1. The molecule has 0 aromatic rings. The highest BCUT2D eigenvalue weighted by atomic mass is 16.3. The Morgan fingerprint density at radius 2 is 2.29 bits per heavy atom. The van der Waals surface area contributed by atoms with E-state index in [4.69, 9.17) is 0 Å². The first-order chi connectivity index (χ1) is 6.70. The molecule has 0 aromatic carbocycles.